The van der Waals surface area contributed by atoms with Crippen LogP contribution in [0, 0.1) is 0 Å². The third kappa shape index (κ3) is 3.47. The maximum Gasteiger partial charge on any atom is 0.355 e. The molecule has 1 aromatic rings. The molecule has 0 saturated carbocycles. The Hall–Kier alpha value is -2.90. The molecule has 1 unspecified atom stereocenters. The first-order chi connectivity index (χ1) is 12.0. The molecule has 1 atom stereocenters. The number of piperidine rings is 1. The van der Waals surface area contributed by atoms with Crippen LogP contribution in [-0.2, 0) is 25.8 Å². The van der Waals surface area contributed by atoms with E-state index in [2.05, 4.69) is 10.2 Å². The van der Waals surface area contributed by atoms with E-state index in [0.717, 1.165) is 5.56 Å². The van der Waals surface area contributed by atoms with E-state index in [9.17, 15) is 19.2 Å². The summed E-state index contributed by atoms with van der Waals surface area (Å²) in [4.78, 5) is 58.3. The van der Waals surface area contributed by atoms with Gasteiger partial charge in [-0.2, -0.15) is 0 Å². The van der Waals surface area contributed by atoms with Crippen LogP contribution in [0.5, 0.6) is 5.75 Å². The monoisotopic (exact) mass is 346 g/mol. The van der Waals surface area contributed by atoms with Crippen LogP contribution in [0.25, 0.3) is 0 Å². The smallest absolute Gasteiger partial charge is 0.322 e. The van der Waals surface area contributed by atoms with Crippen LogP contribution < -0.4 is 10.2 Å². The highest BCUT2D eigenvalue weighted by Crippen LogP contribution is 2.30. The maximum atomic E-state index is 12.6. The van der Waals surface area contributed by atoms with Gasteiger partial charge in [-0.05, 0) is 30.5 Å². The molecule has 8 nitrogen and oxygen atoms in total. The molecule has 1 aromatic carbocycles. The summed E-state index contributed by atoms with van der Waals surface area (Å²) in [6, 6.07) is 4.12. The second-order valence-electron chi connectivity index (χ2n) is 6.01. The number of carbonyl (C=O) groups is 4. The van der Waals surface area contributed by atoms with Crippen LogP contribution in [0.15, 0.2) is 18.2 Å². The number of rotatable bonds is 5. The summed E-state index contributed by atoms with van der Waals surface area (Å²) in [7, 11) is 0. The van der Waals surface area contributed by atoms with E-state index in [4.69, 9.17) is 4.89 Å². The first-order valence-electron chi connectivity index (χ1n) is 8.14. The number of fused-ring (bicyclic) bond motifs is 1. The largest absolute Gasteiger partial charge is 0.355 e. The van der Waals surface area contributed by atoms with Gasteiger partial charge in [0.15, 0.2) is 5.75 Å². The van der Waals surface area contributed by atoms with E-state index in [-0.39, 0.29) is 37.0 Å². The van der Waals surface area contributed by atoms with Crippen molar-refractivity contribution in [2.24, 2.45) is 0 Å². The SMILES string of the molecule is CCCC(=O)OOc1ccc2c(c1)C(=O)N(C1CCC(=O)NC1=O)C2. The van der Waals surface area contributed by atoms with Gasteiger partial charge in [0, 0.05) is 24.9 Å². The molecule has 0 aliphatic carbocycles. The molecule has 0 bridgehead atoms. The minimum absolute atomic E-state index is 0.207. The van der Waals surface area contributed by atoms with Crippen LogP contribution in [-0.4, -0.2) is 34.6 Å². The number of hydrogen-bond donors (Lipinski definition) is 1. The lowest BCUT2D eigenvalue weighted by molar-refractivity contribution is -0.213. The Morgan fingerprint density at radius 3 is 2.84 bits per heavy atom. The summed E-state index contributed by atoms with van der Waals surface area (Å²) >= 11 is 0. The summed E-state index contributed by atoms with van der Waals surface area (Å²) in [5.41, 5.74) is 1.15. The Kier molecular flexibility index (Phi) is 4.69. The molecule has 2 heterocycles. The number of nitrogens with zero attached hydrogens (tertiary/aromatic N) is 1. The predicted molar refractivity (Wildman–Crippen MR) is 84.1 cm³/mol. The van der Waals surface area contributed by atoms with Gasteiger partial charge in [-0.25, -0.2) is 4.79 Å². The minimum Gasteiger partial charge on any atom is -0.322 e. The van der Waals surface area contributed by atoms with Gasteiger partial charge in [-0.1, -0.05) is 13.0 Å². The van der Waals surface area contributed by atoms with Crippen LogP contribution >= 0.6 is 0 Å². The standard InChI is InChI=1S/C17H18N2O6/c1-2-3-15(21)25-24-11-5-4-10-9-19(17(23)12(10)8-11)13-6-7-14(20)18-16(13)22/h4-5,8,13H,2-3,6-7,9H2,1H3,(H,18,20,22). The number of imide groups is 1. The lowest BCUT2D eigenvalue weighted by atomic mass is 10.0. The van der Waals surface area contributed by atoms with Gasteiger partial charge in [0.2, 0.25) is 11.8 Å². The number of amides is 3. The zero-order valence-electron chi connectivity index (χ0n) is 13.7. The molecule has 1 N–H and O–H groups in total. The number of carbonyl (C=O) groups excluding carboxylic acids is 4. The van der Waals surface area contributed by atoms with Crippen molar-refractivity contribution in [1.29, 1.82) is 0 Å². The fourth-order valence-electron chi connectivity index (χ4n) is 2.93. The summed E-state index contributed by atoms with van der Waals surface area (Å²) in [5, 5.41) is 2.26. The van der Waals surface area contributed by atoms with Gasteiger partial charge >= 0.3 is 5.97 Å². The van der Waals surface area contributed by atoms with Gasteiger partial charge < -0.3 is 4.90 Å². The van der Waals surface area contributed by atoms with Crippen LogP contribution in [0.3, 0.4) is 0 Å². The predicted octanol–water partition coefficient (Wildman–Crippen LogP) is 1.08. The van der Waals surface area contributed by atoms with Crippen LogP contribution in [0.2, 0.25) is 0 Å². The van der Waals surface area contributed by atoms with Crippen molar-refractivity contribution in [3.05, 3.63) is 29.3 Å². The zero-order valence-corrected chi connectivity index (χ0v) is 13.7. The Morgan fingerprint density at radius 2 is 2.12 bits per heavy atom. The van der Waals surface area contributed by atoms with Crippen molar-refractivity contribution in [2.75, 3.05) is 0 Å². The van der Waals surface area contributed by atoms with Gasteiger partial charge in [-0.3, -0.25) is 29.5 Å². The van der Waals surface area contributed by atoms with Gasteiger partial charge in [0.25, 0.3) is 5.91 Å². The summed E-state index contributed by atoms with van der Waals surface area (Å²) < 4.78 is 0. The second-order valence-corrected chi connectivity index (χ2v) is 6.01. The fourth-order valence-corrected chi connectivity index (χ4v) is 2.93. The highest BCUT2D eigenvalue weighted by molar-refractivity contribution is 6.05. The first kappa shape index (κ1) is 16.9. The molecule has 1 fully saturated rings. The average molecular weight is 346 g/mol. The summed E-state index contributed by atoms with van der Waals surface area (Å²) in [6.07, 6.45) is 1.40. The van der Waals surface area contributed by atoms with Gasteiger partial charge in [-0.15, -0.1) is 0 Å². The molecule has 0 spiro atoms. The molecule has 132 valence electrons. The molecule has 1 saturated heterocycles. The van der Waals surface area contributed by atoms with E-state index < -0.39 is 17.9 Å². The quantitative estimate of drug-likeness (QED) is 0.486. The Bertz CT molecular complexity index is 745. The van der Waals surface area contributed by atoms with Crippen molar-refractivity contribution in [2.45, 2.75) is 45.2 Å². The molecule has 3 rings (SSSR count). The van der Waals surface area contributed by atoms with E-state index in [0.29, 0.717) is 18.4 Å². The van der Waals surface area contributed by atoms with E-state index in [1.165, 1.54) is 11.0 Å². The molecular weight excluding hydrogens is 328 g/mol. The highest BCUT2D eigenvalue weighted by atomic mass is 17.2. The van der Waals surface area contributed by atoms with Crippen molar-refractivity contribution in [3.8, 4) is 5.75 Å². The van der Waals surface area contributed by atoms with Crippen molar-refractivity contribution in [3.63, 3.8) is 0 Å². The molecular formula is C17H18N2O6. The summed E-state index contributed by atoms with van der Waals surface area (Å²) in [5.74, 6) is -1.34. The third-order valence-electron chi connectivity index (χ3n) is 4.18. The zero-order chi connectivity index (χ0) is 18.0. The number of hydrogen-bond acceptors (Lipinski definition) is 6. The summed E-state index contributed by atoms with van der Waals surface area (Å²) in [6.45, 7) is 2.13. The van der Waals surface area contributed by atoms with Crippen LogP contribution in [0.1, 0.15) is 48.5 Å². The molecule has 2 aliphatic heterocycles. The number of benzene rings is 1. The van der Waals surface area contributed by atoms with Crippen LogP contribution in [0.4, 0.5) is 0 Å². The second kappa shape index (κ2) is 6.92. The average Bonchev–Trinajstić information content (AvgIpc) is 2.90. The maximum absolute atomic E-state index is 12.6. The van der Waals surface area contributed by atoms with Gasteiger partial charge in [0.1, 0.15) is 6.04 Å². The Balaban J connectivity index is 1.70. The molecule has 0 radical (unpaired) electrons. The minimum atomic E-state index is -0.663. The molecule has 2 aliphatic rings. The normalized spacial score (nSPS) is 19.5. The Morgan fingerprint density at radius 1 is 1.32 bits per heavy atom. The molecule has 25 heavy (non-hydrogen) atoms. The lowest BCUT2D eigenvalue weighted by Crippen LogP contribution is -2.52. The van der Waals surface area contributed by atoms with E-state index in [1.807, 2.05) is 6.92 Å². The first-order valence-corrected chi connectivity index (χ1v) is 8.14. The molecule has 0 aromatic heterocycles. The Labute approximate surface area is 144 Å². The van der Waals surface area contributed by atoms with Crippen molar-refractivity contribution in [1.82, 2.24) is 10.2 Å². The van der Waals surface area contributed by atoms with E-state index >= 15 is 0 Å². The highest BCUT2D eigenvalue weighted by Gasteiger charge is 2.39. The topological polar surface area (TPSA) is 102 Å². The van der Waals surface area contributed by atoms with E-state index in [1.54, 1.807) is 12.1 Å². The fraction of sp³-hybridized carbons (Fsp3) is 0.412. The third-order valence-corrected chi connectivity index (χ3v) is 4.18. The molecule has 3 amide bonds. The van der Waals surface area contributed by atoms with Crippen molar-refractivity contribution >= 4 is 23.7 Å². The molecule has 8 heteroatoms. The van der Waals surface area contributed by atoms with Crippen molar-refractivity contribution < 1.29 is 29.0 Å². The number of nitrogens with one attached hydrogen (secondary N) is 1. The lowest BCUT2D eigenvalue weighted by Gasteiger charge is -2.29. The van der Waals surface area contributed by atoms with Gasteiger partial charge in [0.05, 0.1) is 0 Å².